The lowest BCUT2D eigenvalue weighted by Crippen LogP contribution is -2.35. The quantitative estimate of drug-likeness (QED) is 0.222. The zero-order valence-corrected chi connectivity index (χ0v) is 19.5. The van der Waals surface area contributed by atoms with E-state index in [-0.39, 0.29) is 22.3 Å². The number of hydrogen-bond donors (Lipinski definition) is 2. The predicted molar refractivity (Wildman–Crippen MR) is 125 cm³/mol. The standard InChI is InChI=1S/C22H30N6O3S/c1-14(2)32(29,30)18-9-7-17(8-10-18)19-12-25-21(23)20(26-19)22(27-24)31-16(4)28-11-5-6-15(3)13-28/h7-10,12,14-15H,4-6,11,13,24H2,1-3H3,(H2,23,25)/b27-22-. The summed E-state index contributed by atoms with van der Waals surface area (Å²) in [6.45, 7) is 11.2. The topological polar surface area (TPSA) is 137 Å². The van der Waals surface area contributed by atoms with Gasteiger partial charge in [0.2, 0.25) is 0 Å². The first-order valence-electron chi connectivity index (χ1n) is 10.5. The molecule has 1 atom stereocenters. The Bertz CT molecular complexity index is 1110. The highest BCUT2D eigenvalue weighted by molar-refractivity contribution is 7.92. The van der Waals surface area contributed by atoms with Gasteiger partial charge < -0.3 is 21.2 Å². The molecule has 1 fully saturated rings. The van der Waals surface area contributed by atoms with E-state index in [0.717, 1.165) is 19.5 Å². The molecule has 1 saturated heterocycles. The molecular formula is C22H30N6O3S. The molecule has 4 N–H and O–H groups in total. The first-order valence-corrected chi connectivity index (χ1v) is 12.0. The van der Waals surface area contributed by atoms with Gasteiger partial charge in [-0.05, 0) is 51.3 Å². The summed E-state index contributed by atoms with van der Waals surface area (Å²) >= 11 is 0. The fourth-order valence-corrected chi connectivity index (χ4v) is 4.57. The number of aromatic nitrogens is 2. The molecule has 0 amide bonds. The van der Waals surface area contributed by atoms with Crippen LogP contribution in [0, 0.1) is 5.92 Å². The third-order valence-electron chi connectivity index (χ3n) is 5.44. The number of sulfone groups is 1. The summed E-state index contributed by atoms with van der Waals surface area (Å²) in [5.41, 5.74) is 7.36. The SMILES string of the molecule is C=C(O/C(=N\N)c1nc(-c2ccc(S(=O)(=O)C(C)C)cc2)cnc1N)N1CCCC(C)C1. The van der Waals surface area contributed by atoms with E-state index in [1.54, 1.807) is 38.1 Å². The molecule has 1 unspecified atom stereocenters. The maximum atomic E-state index is 12.4. The van der Waals surface area contributed by atoms with Crippen molar-refractivity contribution in [1.29, 1.82) is 0 Å². The highest BCUT2D eigenvalue weighted by Crippen LogP contribution is 2.24. The maximum Gasteiger partial charge on any atom is 0.267 e. The molecule has 32 heavy (non-hydrogen) atoms. The molecule has 10 heteroatoms. The lowest BCUT2D eigenvalue weighted by atomic mass is 10.0. The minimum Gasteiger partial charge on any atom is -0.420 e. The molecule has 1 aliphatic heterocycles. The number of nitrogens with zero attached hydrogens (tertiary/aromatic N) is 4. The first kappa shape index (κ1) is 23.5. The average molecular weight is 459 g/mol. The van der Waals surface area contributed by atoms with Crippen LogP contribution in [0.1, 0.15) is 39.3 Å². The second kappa shape index (κ2) is 9.56. The van der Waals surface area contributed by atoms with Crippen molar-refractivity contribution in [3.8, 4) is 11.3 Å². The van der Waals surface area contributed by atoms with E-state index >= 15 is 0 Å². The van der Waals surface area contributed by atoms with E-state index < -0.39 is 15.1 Å². The number of rotatable bonds is 6. The summed E-state index contributed by atoms with van der Waals surface area (Å²) in [6.07, 6.45) is 3.72. The highest BCUT2D eigenvalue weighted by atomic mass is 32.2. The Balaban J connectivity index is 1.85. The summed E-state index contributed by atoms with van der Waals surface area (Å²) in [4.78, 5) is 11.0. The van der Waals surface area contributed by atoms with Crippen molar-refractivity contribution in [1.82, 2.24) is 14.9 Å². The van der Waals surface area contributed by atoms with Crippen molar-refractivity contribution >= 4 is 21.6 Å². The van der Waals surface area contributed by atoms with Gasteiger partial charge in [-0.3, -0.25) is 0 Å². The van der Waals surface area contributed by atoms with E-state index in [1.165, 1.54) is 12.6 Å². The number of nitrogens with two attached hydrogens (primary N) is 2. The van der Waals surface area contributed by atoms with Crippen LogP contribution in [-0.4, -0.2) is 47.5 Å². The molecule has 1 aliphatic rings. The molecule has 172 valence electrons. The molecule has 0 saturated carbocycles. The molecule has 9 nitrogen and oxygen atoms in total. The average Bonchev–Trinajstić information content (AvgIpc) is 2.78. The molecule has 3 rings (SSSR count). The van der Waals surface area contributed by atoms with Gasteiger partial charge in [-0.1, -0.05) is 19.1 Å². The number of hydrazone groups is 1. The minimum absolute atomic E-state index is 0.0130. The van der Waals surface area contributed by atoms with Crippen molar-refractivity contribution in [2.24, 2.45) is 16.9 Å². The summed E-state index contributed by atoms with van der Waals surface area (Å²) in [5.74, 6) is 6.66. The molecular weight excluding hydrogens is 428 g/mol. The lowest BCUT2D eigenvalue weighted by molar-refractivity contribution is 0.153. The van der Waals surface area contributed by atoms with Crippen molar-refractivity contribution in [3.05, 3.63) is 48.6 Å². The van der Waals surface area contributed by atoms with Gasteiger partial charge in [0, 0.05) is 18.7 Å². The van der Waals surface area contributed by atoms with Gasteiger partial charge in [-0.25, -0.2) is 18.4 Å². The number of hydrogen-bond acceptors (Lipinski definition) is 9. The third-order valence-corrected chi connectivity index (χ3v) is 7.61. The van der Waals surface area contributed by atoms with Crippen LogP contribution in [0.2, 0.25) is 0 Å². The van der Waals surface area contributed by atoms with Crippen molar-refractivity contribution in [3.63, 3.8) is 0 Å². The number of nitrogen functional groups attached to an aromatic ring is 1. The second-order valence-corrected chi connectivity index (χ2v) is 10.7. The predicted octanol–water partition coefficient (Wildman–Crippen LogP) is 2.75. The highest BCUT2D eigenvalue weighted by Gasteiger charge is 2.23. The largest absolute Gasteiger partial charge is 0.420 e. The van der Waals surface area contributed by atoms with Gasteiger partial charge in [0.05, 0.1) is 22.0 Å². The Labute approximate surface area is 189 Å². The minimum atomic E-state index is -3.36. The fraction of sp³-hybridized carbons (Fsp3) is 0.409. The van der Waals surface area contributed by atoms with Crippen LogP contribution in [0.5, 0.6) is 0 Å². The van der Waals surface area contributed by atoms with Gasteiger partial charge in [0.15, 0.2) is 27.2 Å². The van der Waals surface area contributed by atoms with E-state index in [0.29, 0.717) is 23.1 Å². The number of benzene rings is 1. The second-order valence-electron chi connectivity index (χ2n) is 8.23. The normalized spacial score (nSPS) is 17.4. The Hall–Kier alpha value is -3.14. The van der Waals surface area contributed by atoms with Crippen LogP contribution in [0.25, 0.3) is 11.3 Å². The van der Waals surface area contributed by atoms with Crippen LogP contribution in [-0.2, 0) is 14.6 Å². The van der Waals surface area contributed by atoms with Crippen molar-refractivity contribution < 1.29 is 13.2 Å². The Morgan fingerprint density at radius 3 is 2.59 bits per heavy atom. The zero-order chi connectivity index (χ0) is 23.5. The van der Waals surface area contributed by atoms with Crippen molar-refractivity contribution in [2.45, 2.75) is 43.8 Å². The molecule has 0 bridgehead atoms. The Morgan fingerprint density at radius 1 is 1.31 bits per heavy atom. The zero-order valence-electron chi connectivity index (χ0n) is 18.7. The third kappa shape index (κ3) is 5.01. The van der Waals surface area contributed by atoms with Crippen LogP contribution < -0.4 is 11.6 Å². The molecule has 0 spiro atoms. The lowest BCUT2D eigenvalue weighted by Gasteiger charge is -2.33. The van der Waals surface area contributed by atoms with Crippen molar-refractivity contribution in [2.75, 3.05) is 18.8 Å². The Kier molecular flexibility index (Phi) is 7.02. The molecule has 1 aromatic heterocycles. The smallest absolute Gasteiger partial charge is 0.267 e. The fourth-order valence-electron chi connectivity index (χ4n) is 3.51. The van der Waals surface area contributed by atoms with Gasteiger partial charge in [0.1, 0.15) is 0 Å². The summed E-state index contributed by atoms with van der Waals surface area (Å²) in [6, 6.07) is 6.45. The van der Waals surface area contributed by atoms with Crippen LogP contribution in [0.4, 0.5) is 5.82 Å². The molecule has 0 aliphatic carbocycles. The first-order chi connectivity index (χ1) is 15.1. The number of piperidine rings is 1. The monoisotopic (exact) mass is 458 g/mol. The van der Waals surface area contributed by atoms with Gasteiger partial charge >= 0.3 is 0 Å². The number of anilines is 1. The molecule has 1 aromatic carbocycles. The van der Waals surface area contributed by atoms with Crippen LogP contribution >= 0.6 is 0 Å². The molecule has 2 heterocycles. The van der Waals surface area contributed by atoms with E-state index in [9.17, 15) is 8.42 Å². The van der Waals surface area contributed by atoms with E-state index in [2.05, 4.69) is 28.6 Å². The molecule has 0 radical (unpaired) electrons. The van der Waals surface area contributed by atoms with Gasteiger partial charge in [-0.15, -0.1) is 5.10 Å². The summed E-state index contributed by atoms with van der Waals surface area (Å²) < 4.78 is 30.5. The van der Waals surface area contributed by atoms with Gasteiger partial charge in [0.25, 0.3) is 5.90 Å². The van der Waals surface area contributed by atoms with Crippen LogP contribution in [0.15, 0.2) is 52.9 Å². The van der Waals surface area contributed by atoms with E-state index in [1.807, 2.05) is 4.90 Å². The van der Waals surface area contributed by atoms with E-state index in [4.69, 9.17) is 16.3 Å². The maximum absolute atomic E-state index is 12.4. The summed E-state index contributed by atoms with van der Waals surface area (Å²) in [7, 11) is -3.36. The molecule has 2 aromatic rings. The van der Waals surface area contributed by atoms with Gasteiger partial charge in [-0.2, -0.15) is 0 Å². The number of likely N-dealkylation sites (tertiary alicyclic amines) is 1. The summed E-state index contributed by atoms with van der Waals surface area (Å²) in [5, 5.41) is 3.21. The number of ether oxygens (including phenoxy) is 1. The van der Waals surface area contributed by atoms with Crippen LogP contribution in [0.3, 0.4) is 0 Å². The Morgan fingerprint density at radius 2 is 2.00 bits per heavy atom.